The minimum Gasteiger partial charge on any atom is -0.467 e. The Morgan fingerprint density at radius 2 is 2.25 bits per heavy atom. The van der Waals surface area contributed by atoms with Crippen molar-refractivity contribution >= 4 is 11.6 Å². The fraction of sp³-hybridized carbons (Fsp3) is 0.100. The van der Waals surface area contributed by atoms with Crippen LogP contribution in [0.25, 0.3) is 5.69 Å². The first-order valence-electron chi connectivity index (χ1n) is 4.46. The molecule has 0 bridgehead atoms. The lowest BCUT2D eigenvalue weighted by Crippen LogP contribution is -2.22. The molecule has 0 aliphatic rings. The van der Waals surface area contributed by atoms with Crippen molar-refractivity contribution in [3.8, 4) is 11.7 Å². The average molecular weight is 238 g/mol. The molecular weight excluding hydrogens is 230 g/mol. The van der Waals surface area contributed by atoms with E-state index in [-0.39, 0.29) is 6.01 Å². The van der Waals surface area contributed by atoms with Gasteiger partial charge in [-0.15, -0.1) is 4.98 Å². The van der Waals surface area contributed by atoms with Crippen LogP contribution in [0, 0.1) is 0 Å². The second-order valence-electron chi connectivity index (χ2n) is 2.98. The molecule has 2 aromatic rings. The molecule has 0 amide bonds. The fourth-order valence-corrected chi connectivity index (χ4v) is 1.41. The molecule has 0 unspecified atom stereocenters. The summed E-state index contributed by atoms with van der Waals surface area (Å²) in [5.74, 6) is 0. The van der Waals surface area contributed by atoms with Crippen molar-refractivity contribution in [2.75, 3.05) is 7.11 Å². The van der Waals surface area contributed by atoms with Gasteiger partial charge >= 0.3 is 11.7 Å². The van der Waals surface area contributed by atoms with Crippen molar-refractivity contribution in [1.82, 2.24) is 14.5 Å². The monoisotopic (exact) mass is 237 g/mol. The van der Waals surface area contributed by atoms with Gasteiger partial charge < -0.3 is 4.74 Å². The highest BCUT2D eigenvalue weighted by atomic mass is 35.5. The van der Waals surface area contributed by atoms with Gasteiger partial charge in [0, 0.05) is 5.02 Å². The lowest BCUT2D eigenvalue weighted by molar-refractivity contribution is 0.374. The first-order valence-corrected chi connectivity index (χ1v) is 4.84. The van der Waals surface area contributed by atoms with E-state index in [1.807, 2.05) is 0 Å². The maximum absolute atomic E-state index is 11.6. The van der Waals surface area contributed by atoms with Crippen LogP contribution in [0.2, 0.25) is 5.02 Å². The molecule has 0 fully saturated rings. The van der Waals surface area contributed by atoms with E-state index >= 15 is 0 Å². The van der Waals surface area contributed by atoms with E-state index in [4.69, 9.17) is 16.3 Å². The van der Waals surface area contributed by atoms with Gasteiger partial charge in [-0.3, -0.25) is 4.57 Å². The Bertz CT molecular complexity index is 568. The number of methoxy groups -OCH3 is 1. The molecule has 6 heteroatoms. The summed E-state index contributed by atoms with van der Waals surface area (Å²) in [5.41, 5.74) is 0.147. The van der Waals surface area contributed by atoms with Crippen LogP contribution in [0.5, 0.6) is 6.01 Å². The van der Waals surface area contributed by atoms with Gasteiger partial charge in [0.1, 0.15) is 6.33 Å². The summed E-state index contributed by atoms with van der Waals surface area (Å²) in [6.07, 6.45) is 1.35. The Kier molecular flexibility index (Phi) is 2.87. The van der Waals surface area contributed by atoms with E-state index < -0.39 is 5.69 Å². The third-order valence-electron chi connectivity index (χ3n) is 1.95. The molecule has 1 heterocycles. The van der Waals surface area contributed by atoms with Gasteiger partial charge in [-0.05, 0) is 18.2 Å². The largest absolute Gasteiger partial charge is 0.467 e. The zero-order chi connectivity index (χ0) is 11.5. The van der Waals surface area contributed by atoms with Crippen LogP contribution in [0.4, 0.5) is 0 Å². The molecule has 16 heavy (non-hydrogen) atoms. The molecule has 1 aromatic carbocycles. The van der Waals surface area contributed by atoms with Crippen molar-refractivity contribution in [3.05, 3.63) is 46.1 Å². The Balaban J connectivity index is 2.53. The normalized spacial score (nSPS) is 10.1. The lowest BCUT2D eigenvalue weighted by atomic mass is 10.3. The van der Waals surface area contributed by atoms with Gasteiger partial charge in [0.15, 0.2) is 0 Å². The van der Waals surface area contributed by atoms with E-state index in [1.165, 1.54) is 18.0 Å². The van der Waals surface area contributed by atoms with Gasteiger partial charge in [0.25, 0.3) is 0 Å². The molecule has 0 aliphatic heterocycles. The first-order chi connectivity index (χ1) is 7.70. The van der Waals surface area contributed by atoms with Crippen molar-refractivity contribution in [2.45, 2.75) is 0 Å². The number of ether oxygens (including phenoxy) is 1. The third kappa shape index (κ3) is 2.04. The molecule has 2 rings (SSSR count). The number of nitrogens with zero attached hydrogens (tertiary/aromatic N) is 3. The smallest absolute Gasteiger partial charge is 0.358 e. The minimum absolute atomic E-state index is 0.0447. The van der Waals surface area contributed by atoms with Crippen LogP contribution in [0.1, 0.15) is 0 Å². The first kappa shape index (κ1) is 10.6. The summed E-state index contributed by atoms with van der Waals surface area (Å²) in [5, 5.41) is 0.542. The van der Waals surface area contributed by atoms with Crippen molar-refractivity contribution < 1.29 is 4.74 Å². The number of benzene rings is 1. The number of aromatic nitrogens is 3. The Labute approximate surface area is 96.3 Å². The molecule has 0 atom stereocenters. The van der Waals surface area contributed by atoms with Gasteiger partial charge in [0.2, 0.25) is 0 Å². The van der Waals surface area contributed by atoms with E-state index in [0.29, 0.717) is 10.7 Å². The van der Waals surface area contributed by atoms with Crippen LogP contribution < -0.4 is 10.4 Å². The highest BCUT2D eigenvalue weighted by molar-refractivity contribution is 6.30. The quantitative estimate of drug-likeness (QED) is 0.790. The molecule has 5 nitrogen and oxygen atoms in total. The third-order valence-corrected chi connectivity index (χ3v) is 2.19. The molecule has 0 saturated carbocycles. The molecular formula is C10H8ClN3O2. The molecule has 0 spiro atoms. The summed E-state index contributed by atoms with van der Waals surface area (Å²) in [4.78, 5) is 19.1. The van der Waals surface area contributed by atoms with E-state index in [2.05, 4.69) is 9.97 Å². The molecule has 0 radical (unpaired) electrons. The fourth-order valence-electron chi connectivity index (χ4n) is 1.22. The zero-order valence-electron chi connectivity index (χ0n) is 8.42. The van der Waals surface area contributed by atoms with E-state index in [1.54, 1.807) is 24.3 Å². The van der Waals surface area contributed by atoms with Crippen LogP contribution in [0.3, 0.4) is 0 Å². The van der Waals surface area contributed by atoms with Crippen LogP contribution in [0.15, 0.2) is 35.4 Å². The standard InChI is InChI=1S/C10H8ClN3O2/c1-16-9-12-6-14(10(15)13-9)8-4-2-3-7(11)5-8/h2-6H,1H3. The van der Waals surface area contributed by atoms with E-state index in [9.17, 15) is 4.79 Å². The van der Waals surface area contributed by atoms with Crippen LogP contribution in [-0.2, 0) is 0 Å². The minimum atomic E-state index is -0.464. The van der Waals surface area contributed by atoms with E-state index in [0.717, 1.165) is 0 Å². The number of hydrogen-bond acceptors (Lipinski definition) is 4. The van der Waals surface area contributed by atoms with Gasteiger partial charge in [-0.2, -0.15) is 4.98 Å². The highest BCUT2D eigenvalue weighted by Gasteiger charge is 2.03. The molecule has 82 valence electrons. The number of hydrogen-bond donors (Lipinski definition) is 0. The van der Waals surface area contributed by atoms with Crippen LogP contribution >= 0.6 is 11.6 Å². The second-order valence-corrected chi connectivity index (χ2v) is 3.41. The van der Waals surface area contributed by atoms with Gasteiger partial charge in [0.05, 0.1) is 12.8 Å². The number of halogens is 1. The summed E-state index contributed by atoms with van der Waals surface area (Å²) in [6, 6.07) is 6.90. The molecule has 0 saturated heterocycles. The summed E-state index contributed by atoms with van der Waals surface area (Å²) in [7, 11) is 1.40. The highest BCUT2D eigenvalue weighted by Crippen LogP contribution is 2.12. The van der Waals surface area contributed by atoms with Crippen molar-refractivity contribution in [3.63, 3.8) is 0 Å². The van der Waals surface area contributed by atoms with Crippen LogP contribution in [-0.4, -0.2) is 21.6 Å². The maximum atomic E-state index is 11.6. The van der Waals surface area contributed by atoms with Crippen molar-refractivity contribution in [2.24, 2.45) is 0 Å². The second kappa shape index (κ2) is 4.32. The van der Waals surface area contributed by atoms with Crippen molar-refractivity contribution in [1.29, 1.82) is 0 Å². The molecule has 1 aromatic heterocycles. The van der Waals surface area contributed by atoms with Gasteiger partial charge in [-0.1, -0.05) is 17.7 Å². The maximum Gasteiger partial charge on any atom is 0.358 e. The Morgan fingerprint density at radius 1 is 1.44 bits per heavy atom. The SMILES string of the molecule is COc1ncn(-c2cccc(Cl)c2)c(=O)n1. The molecule has 0 aliphatic carbocycles. The average Bonchev–Trinajstić information content (AvgIpc) is 2.28. The predicted molar refractivity (Wildman–Crippen MR) is 59.2 cm³/mol. The lowest BCUT2D eigenvalue weighted by Gasteiger charge is -2.04. The Morgan fingerprint density at radius 3 is 2.88 bits per heavy atom. The van der Waals surface area contributed by atoms with Gasteiger partial charge in [-0.25, -0.2) is 4.79 Å². The summed E-state index contributed by atoms with van der Waals surface area (Å²) >= 11 is 5.82. The summed E-state index contributed by atoms with van der Waals surface area (Å²) < 4.78 is 6.03. The molecule has 0 N–H and O–H groups in total. The predicted octanol–water partition coefficient (Wildman–Crippen LogP) is 1.29. The zero-order valence-corrected chi connectivity index (χ0v) is 9.18. The topological polar surface area (TPSA) is 57.0 Å². The number of rotatable bonds is 2. The Hall–Kier alpha value is -1.88. The summed E-state index contributed by atoms with van der Waals surface area (Å²) in [6.45, 7) is 0.